The van der Waals surface area contributed by atoms with Gasteiger partial charge in [-0.3, -0.25) is 9.89 Å². The van der Waals surface area contributed by atoms with Gasteiger partial charge in [0.05, 0.1) is 6.04 Å². The number of carbonyl (C=O) groups is 1. The van der Waals surface area contributed by atoms with Crippen molar-refractivity contribution in [1.29, 1.82) is 0 Å². The van der Waals surface area contributed by atoms with Crippen LogP contribution >= 0.6 is 0 Å². The van der Waals surface area contributed by atoms with Crippen molar-refractivity contribution in [3.8, 4) is 0 Å². The number of carbonyl (C=O) groups excluding carboxylic acids is 1. The first-order chi connectivity index (χ1) is 7.91. The van der Waals surface area contributed by atoms with Gasteiger partial charge in [-0.25, -0.2) is 4.98 Å². The Hall–Kier alpha value is -1.43. The number of aromatic nitrogens is 3. The third-order valence-electron chi connectivity index (χ3n) is 2.57. The number of nitrogens with two attached hydrogens (primary N) is 1. The fraction of sp³-hybridized carbons (Fsp3) is 0.727. The van der Waals surface area contributed by atoms with Crippen LogP contribution in [0.25, 0.3) is 0 Å². The van der Waals surface area contributed by atoms with Crippen LogP contribution in [0.15, 0.2) is 6.33 Å². The number of hydrogen-bond donors (Lipinski definition) is 3. The lowest BCUT2D eigenvalue weighted by molar-refractivity contribution is -0.124. The molecule has 0 aromatic carbocycles. The van der Waals surface area contributed by atoms with Crippen LogP contribution in [0.3, 0.4) is 0 Å². The summed E-state index contributed by atoms with van der Waals surface area (Å²) in [6.45, 7) is 6.45. The Morgan fingerprint density at radius 3 is 2.82 bits per heavy atom. The highest BCUT2D eigenvalue weighted by molar-refractivity contribution is 5.82. The van der Waals surface area contributed by atoms with Crippen LogP contribution in [0.4, 0.5) is 0 Å². The van der Waals surface area contributed by atoms with Gasteiger partial charge in [0.2, 0.25) is 5.91 Å². The lowest BCUT2D eigenvalue weighted by Crippen LogP contribution is -2.48. The second kappa shape index (κ2) is 5.77. The van der Waals surface area contributed by atoms with Gasteiger partial charge < -0.3 is 11.1 Å². The van der Waals surface area contributed by atoms with Crippen molar-refractivity contribution in [2.45, 2.75) is 39.7 Å². The summed E-state index contributed by atoms with van der Waals surface area (Å²) < 4.78 is 0. The van der Waals surface area contributed by atoms with Crippen molar-refractivity contribution in [2.24, 2.45) is 11.1 Å². The Bertz CT molecular complexity index is 341. The highest BCUT2D eigenvalue weighted by Crippen LogP contribution is 2.16. The molecule has 1 unspecified atom stereocenters. The molecule has 6 nitrogen and oxygen atoms in total. The van der Waals surface area contributed by atoms with Crippen LogP contribution in [0.2, 0.25) is 0 Å². The van der Waals surface area contributed by atoms with E-state index in [1.807, 2.05) is 20.8 Å². The maximum atomic E-state index is 11.7. The molecule has 1 aromatic heterocycles. The fourth-order valence-electron chi connectivity index (χ4n) is 1.32. The molecule has 1 rings (SSSR count). The summed E-state index contributed by atoms with van der Waals surface area (Å²) in [4.78, 5) is 15.7. The van der Waals surface area contributed by atoms with Crippen LogP contribution in [0.1, 0.15) is 33.0 Å². The summed E-state index contributed by atoms with van der Waals surface area (Å²) in [5.41, 5.74) is 5.62. The van der Waals surface area contributed by atoms with Crippen LogP contribution in [-0.2, 0) is 11.2 Å². The maximum absolute atomic E-state index is 11.7. The Kier molecular flexibility index (Phi) is 4.62. The van der Waals surface area contributed by atoms with Gasteiger partial charge in [0.15, 0.2) is 0 Å². The zero-order valence-electron chi connectivity index (χ0n) is 10.7. The molecular weight excluding hydrogens is 218 g/mol. The van der Waals surface area contributed by atoms with E-state index in [9.17, 15) is 4.79 Å². The van der Waals surface area contributed by atoms with E-state index in [2.05, 4.69) is 20.5 Å². The Morgan fingerprint density at radius 1 is 1.59 bits per heavy atom. The number of aryl methyl sites for hydroxylation is 1. The van der Waals surface area contributed by atoms with Gasteiger partial charge in [-0.15, -0.1) is 0 Å². The molecule has 0 fully saturated rings. The number of hydrogen-bond acceptors (Lipinski definition) is 4. The van der Waals surface area contributed by atoms with Crippen LogP contribution in [0, 0.1) is 5.41 Å². The standard InChI is InChI=1S/C11H21N5O/c1-11(2,3)9(12)10(17)13-6-4-5-8-14-7-15-16-8/h7,9H,4-6,12H2,1-3H3,(H,13,17)(H,14,15,16). The van der Waals surface area contributed by atoms with Gasteiger partial charge in [0, 0.05) is 13.0 Å². The van der Waals surface area contributed by atoms with Crippen molar-refractivity contribution in [2.75, 3.05) is 6.54 Å². The number of H-pyrrole nitrogens is 1. The molecule has 0 saturated heterocycles. The van der Waals surface area contributed by atoms with E-state index in [0.717, 1.165) is 18.7 Å². The van der Waals surface area contributed by atoms with Crippen molar-refractivity contribution in [3.63, 3.8) is 0 Å². The molecule has 96 valence electrons. The number of rotatable bonds is 5. The topological polar surface area (TPSA) is 96.7 Å². The highest BCUT2D eigenvalue weighted by atomic mass is 16.2. The molecule has 0 aliphatic heterocycles. The smallest absolute Gasteiger partial charge is 0.237 e. The summed E-state index contributed by atoms with van der Waals surface area (Å²) >= 11 is 0. The maximum Gasteiger partial charge on any atom is 0.237 e. The van der Waals surface area contributed by atoms with Crippen molar-refractivity contribution in [3.05, 3.63) is 12.2 Å². The van der Waals surface area contributed by atoms with Gasteiger partial charge in [0.25, 0.3) is 0 Å². The number of nitrogens with one attached hydrogen (secondary N) is 2. The minimum Gasteiger partial charge on any atom is -0.355 e. The molecule has 0 bridgehead atoms. The third-order valence-corrected chi connectivity index (χ3v) is 2.57. The molecule has 0 radical (unpaired) electrons. The molecule has 4 N–H and O–H groups in total. The van der Waals surface area contributed by atoms with E-state index in [0.29, 0.717) is 6.54 Å². The van der Waals surface area contributed by atoms with E-state index in [1.54, 1.807) is 0 Å². The predicted octanol–water partition coefficient (Wildman–Crippen LogP) is 0.227. The molecule has 0 aliphatic rings. The largest absolute Gasteiger partial charge is 0.355 e. The minimum absolute atomic E-state index is 0.102. The molecule has 0 spiro atoms. The van der Waals surface area contributed by atoms with Crippen molar-refractivity contribution < 1.29 is 4.79 Å². The second-order valence-electron chi connectivity index (χ2n) is 5.17. The number of nitrogens with zero attached hydrogens (tertiary/aromatic N) is 2. The predicted molar refractivity (Wildman–Crippen MR) is 65.1 cm³/mol. The van der Waals surface area contributed by atoms with E-state index >= 15 is 0 Å². The van der Waals surface area contributed by atoms with Gasteiger partial charge in [-0.05, 0) is 11.8 Å². The van der Waals surface area contributed by atoms with Crippen LogP contribution in [-0.4, -0.2) is 33.7 Å². The SMILES string of the molecule is CC(C)(C)C(N)C(=O)NCCCc1ncn[nH]1. The summed E-state index contributed by atoms with van der Waals surface area (Å²) in [7, 11) is 0. The first kappa shape index (κ1) is 13.6. The first-order valence-corrected chi connectivity index (χ1v) is 5.79. The zero-order chi connectivity index (χ0) is 12.9. The van der Waals surface area contributed by atoms with Gasteiger partial charge in [-0.2, -0.15) is 5.10 Å². The monoisotopic (exact) mass is 239 g/mol. The van der Waals surface area contributed by atoms with Crippen molar-refractivity contribution in [1.82, 2.24) is 20.5 Å². The fourth-order valence-corrected chi connectivity index (χ4v) is 1.32. The molecule has 6 heteroatoms. The molecule has 0 saturated carbocycles. The third kappa shape index (κ3) is 4.52. The quantitative estimate of drug-likeness (QED) is 0.641. The normalized spacial score (nSPS) is 13.4. The van der Waals surface area contributed by atoms with E-state index < -0.39 is 6.04 Å². The molecule has 1 heterocycles. The molecule has 1 atom stereocenters. The molecular formula is C11H21N5O. The lowest BCUT2D eigenvalue weighted by Gasteiger charge is -2.25. The second-order valence-corrected chi connectivity index (χ2v) is 5.17. The highest BCUT2D eigenvalue weighted by Gasteiger charge is 2.26. The number of aromatic amines is 1. The Labute approximate surface area is 101 Å². The van der Waals surface area contributed by atoms with Gasteiger partial charge >= 0.3 is 0 Å². The minimum atomic E-state index is -0.479. The molecule has 1 amide bonds. The van der Waals surface area contributed by atoms with Crippen molar-refractivity contribution >= 4 is 5.91 Å². The van der Waals surface area contributed by atoms with E-state index in [1.165, 1.54) is 6.33 Å². The summed E-state index contributed by atoms with van der Waals surface area (Å²) in [5, 5.41) is 9.35. The number of amides is 1. The van der Waals surface area contributed by atoms with E-state index in [4.69, 9.17) is 5.73 Å². The summed E-state index contributed by atoms with van der Waals surface area (Å²) in [6.07, 6.45) is 3.06. The zero-order valence-corrected chi connectivity index (χ0v) is 10.7. The average molecular weight is 239 g/mol. The van der Waals surface area contributed by atoms with E-state index in [-0.39, 0.29) is 11.3 Å². The van der Waals surface area contributed by atoms with Crippen LogP contribution < -0.4 is 11.1 Å². The molecule has 0 aliphatic carbocycles. The average Bonchev–Trinajstić information content (AvgIpc) is 2.74. The van der Waals surface area contributed by atoms with Crippen LogP contribution in [0.5, 0.6) is 0 Å². The van der Waals surface area contributed by atoms with Gasteiger partial charge in [0.1, 0.15) is 12.2 Å². The molecule has 17 heavy (non-hydrogen) atoms. The first-order valence-electron chi connectivity index (χ1n) is 5.79. The summed E-state index contributed by atoms with van der Waals surface area (Å²) in [6, 6.07) is -0.479. The van der Waals surface area contributed by atoms with Gasteiger partial charge in [-0.1, -0.05) is 20.8 Å². The lowest BCUT2D eigenvalue weighted by atomic mass is 9.87. The summed E-state index contributed by atoms with van der Waals surface area (Å²) in [5.74, 6) is 0.731. The Morgan fingerprint density at radius 2 is 2.29 bits per heavy atom. The molecule has 1 aromatic rings. The Balaban J connectivity index is 2.20.